The third kappa shape index (κ3) is 4.36. The first-order valence-corrected chi connectivity index (χ1v) is 16.8. The summed E-state index contributed by atoms with van der Waals surface area (Å²) in [6.45, 7) is -2.86. The summed E-state index contributed by atoms with van der Waals surface area (Å²) in [5, 5.41) is 3.77. The summed E-state index contributed by atoms with van der Waals surface area (Å²) >= 11 is 0. The minimum Gasteiger partial charge on any atom is -0.437 e. The number of benzene rings is 6. The van der Waals surface area contributed by atoms with Gasteiger partial charge in [-0.3, -0.25) is 4.79 Å². The molecule has 6 aromatic carbocycles. The van der Waals surface area contributed by atoms with E-state index >= 15 is 4.79 Å². The van der Waals surface area contributed by atoms with Crippen molar-refractivity contribution in [3.05, 3.63) is 192 Å². The summed E-state index contributed by atoms with van der Waals surface area (Å²) in [6.07, 6.45) is 0. The Balaban J connectivity index is 1.62. The standard InChI is InChI=1S/C41H28NO2P/c43-40-39(45(30-19-7-2-8-20-30,31-21-9-3-10-22-31)32-23-11-4-12-24-32)38(44-41(42-40)29-17-5-1-6-18-29)37-35-27-15-13-25-33(35)34-26-14-16-28-36(34)37/h1-28H. The predicted octanol–water partition coefficient (Wildman–Crippen LogP) is 7.60. The van der Waals surface area contributed by atoms with Crippen LogP contribution in [0.5, 0.6) is 0 Å². The van der Waals surface area contributed by atoms with E-state index < -0.39 is 6.89 Å². The number of carbonyl (C=O) groups excluding carboxylic acids is 1. The lowest BCUT2D eigenvalue weighted by molar-refractivity contribution is -0.112. The van der Waals surface area contributed by atoms with Crippen LogP contribution >= 0.6 is 6.89 Å². The van der Waals surface area contributed by atoms with E-state index in [1.54, 1.807) is 0 Å². The zero-order valence-electron chi connectivity index (χ0n) is 24.4. The second-order valence-electron chi connectivity index (χ2n) is 11.0. The Morgan fingerprint density at radius 3 is 1.27 bits per heavy atom. The maximum atomic E-state index is 15.0. The lowest BCUT2D eigenvalue weighted by Crippen LogP contribution is -2.37. The van der Waals surface area contributed by atoms with Crippen molar-refractivity contribution in [3.8, 4) is 11.1 Å². The summed E-state index contributed by atoms with van der Waals surface area (Å²) in [5.41, 5.74) is 6.00. The molecule has 0 radical (unpaired) electrons. The van der Waals surface area contributed by atoms with Crippen molar-refractivity contribution in [2.24, 2.45) is 4.99 Å². The molecule has 1 heterocycles. The van der Waals surface area contributed by atoms with Crippen LogP contribution in [0.1, 0.15) is 16.7 Å². The SMILES string of the molecule is O=C1N=C(c2ccccc2)OC(=C2c3ccccc3-c3ccccc32)C1=P(c1ccccc1)(c1ccccc1)c1ccccc1. The number of amides is 1. The molecule has 0 fully saturated rings. The number of nitrogens with zero attached hydrogens (tertiary/aromatic N) is 1. The second-order valence-corrected chi connectivity index (χ2v) is 14.3. The summed E-state index contributed by atoms with van der Waals surface area (Å²) in [5.74, 6) is 0.589. The van der Waals surface area contributed by atoms with E-state index in [0.29, 0.717) is 17.0 Å². The van der Waals surface area contributed by atoms with Crippen molar-refractivity contribution < 1.29 is 9.53 Å². The Kier molecular flexibility index (Phi) is 6.74. The molecule has 0 spiro atoms. The molecule has 3 nitrogen and oxygen atoms in total. The molecule has 0 bridgehead atoms. The number of carbonyl (C=O) groups is 1. The highest BCUT2D eigenvalue weighted by Crippen LogP contribution is 2.52. The van der Waals surface area contributed by atoms with Crippen molar-refractivity contribution in [3.63, 3.8) is 0 Å². The van der Waals surface area contributed by atoms with Gasteiger partial charge in [0, 0.05) is 11.1 Å². The van der Waals surface area contributed by atoms with E-state index in [-0.39, 0.29) is 5.91 Å². The smallest absolute Gasteiger partial charge is 0.285 e. The monoisotopic (exact) mass is 597 g/mol. The fourth-order valence-corrected chi connectivity index (χ4v) is 11.0. The van der Waals surface area contributed by atoms with Crippen LogP contribution in [0.25, 0.3) is 16.7 Å². The maximum absolute atomic E-state index is 15.0. The van der Waals surface area contributed by atoms with E-state index in [1.807, 2.05) is 48.5 Å². The molecule has 214 valence electrons. The molecule has 6 aromatic rings. The van der Waals surface area contributed by atoms with E-state index in [4.69, 9.17) is 9.73 Å². The lowest BCUT2D eigenvalue weighted by atomic mass is 10.0. The number of hydrogen-bond acceptors (Lipinski definition) is 2. The molecular formula is C41H28NO2P. The fraction of sp³-hybridized carbons (Fsp3) is 0. The summed E-state index contributed by atoms with van der Waals surface area (Å²) in [7, 11) is 0. The van der Waals surface area contributed by atoms with Crippen molar-refractivity contribution in [1.29, 1.82) is 0 Å². The number of rotatable bonds is 4. The minimum atomic E-state index is -2.86. The van der Waals surface area contributed by atoms with Gasteiger partial charge in [0.25, 0.3) is 5.91 Å². The number of ether oxygens (including phenoxy) is 1. The number of fused-ring (bicyclic) bond motifs is 3. The third-order valence-corrected chi connectivity index (χ3v) is 12.8. The zero-order chi connectivity index (χ0) is 30.2. The Morgan fingerprint density at radius 1 is 0.444 bits per heavy atom. The summed E-state index contributed by atoms with van der Waals surface area (Å²) in [4.78, 5) is 19.7. The van der Waals surface area contributed by atoms with Crippen LogP contribution in [-0.2, 0) is 9.53 Å². The van der Waals surface area contributed by atoms with Gasteiger partial charge in [-0.1, -0.05) is 158 Å². The first-order chi connectivity index (χ1) is 22.3. The predicted molar refractivity (Wildman–Crippen MR) is 187 cm³/mol. The van der Waals surface area contributed by atoms with E-state index in [1.165, 1.54) is 0 Å². The number of hydrogen-bond donors (Lipinski definition) is 0. The topological polar surface area (TPSA) is 38.7 Å². The lowest BCUT2D eigenvalue weighted by Gasteiger charge is -2.34. The Morgan fingerprint density at radius 2 is 0.822 bits per heavy atom. The Labute approximate surface area is 262 Å². The molecule has 1 amide bonds. The molecule has 0 aromatic heterocycles. The molecule has 45 heavy (non-hydrogen) atoms. The van der Waals surface area contributed by atoms with Gasteiger partial charge in [0.2, 0.25) is 5.90 Å². The highest BCUT2D eigenvalue weighted by molar-refractivity contribution is 7.96. The molecule has 0 atom stereocenters. The highest BCUT2D eigenvalue weighted by Gasteiger charge is 2.41. The first kappa shape index (κ1) is 27.1. The maximum Gasteiger partial charge on any atom is 0.285 e. The van der Waals surface area contributed by atoms with Gasteiger partial charge in [-0.2, -0.15) is 4.99 Å². The van der Waals surface area contributed by atoms with Gasteiger partial charge in [0.15, 0.2) is 5.76 Å². The minimum absolute atomic E-state index is 0.283. The largest absolute Gasteiger partial charge is 0.437 e. The zero-order valence-corrected chi connectivity index (χ0v) is 25.3. The molecule has 8 rings (SSSR count). The van der Waals surface area contributed by atoms with Crippen LogP contribution in [0.2, 0.25) is 0 Å². The first-order valence-electron chi connectivity index (χ1n) is 15.0. The van der Waals surface area contributed by atoms with Gasteiger partial charge in [-0.05, 0) is 57.2 Å². The molecule has 2 aliphatic rings. The van der Waals surface area contributed by atoms with Gasteiger partial charge >= 0.3 is 0 Å². The van der Waals surface area contributed by atoms with Gasteiger partial charge in [-0.25, -0.2) is 0 Å². The van der Waals surface area contributed by atoms with Crippen LogP contribution < -0.4 is 15.9 Å². The molecule has 4 heteroatoms. The molecule has 0 N–H and O–H groups in total. The van der Waals surface area contributed by atoms with Crippen molar-refractivity contribution in [1.82, 2.24) is 0 Å². The van der Waals surface area contributed by atoms with E-state index in [0.717, 1.165) is 49.3 Å². The third-order valence-electron chi connectivity index (χ3n) is 8.52. The van der Waals surface area contributed by atoms with Crippen LogP contribution in [0.4, 0.5) is 0 Å². The Hall–Kier alpha value is -5.50. The summed E-state index contributed by atoms with van der Waals surface area (Å²) in [6, 6.07) is 57.7. The van der Waals surface area contributed by atoms with Gasteiger partial charge < -0.3 is 4.74 Å². The van der Waals surface area contributed by atoms with Crippen LogP contribution in [-0.4, -0.2) is 17.1 Å². The average molecular weight is 598 g/mol. The summed E-state index contributed by atoms with van der Waals surface area (Å²) < 4.78 is 7.02. The molecule has 1 aliphatic carbocycles. The molecule has 0 saturated carbocycles. The van der Waals surface area contributed by atoms with Crippen molar-refractivity contribution >= 4 is 45.5 Å². The molecule has 0 saturated heterocycles. The highest BCUT2D eigenvalue weighted by atomic mass is 31.2. The molecule has 1 aliphatic heterocycles. The average Bonchev–Trinajstić information content (AvgIpc) is 3.45. The second kappa shape index (κ2) is 11.2. The van der Waals surface area contributed by atoms with Crippen LogP contribution in [0, 0.1) is 0 Å². The van der Waals surface area contributed by atoms with E-state index in [9.17, 15) is 0 Å². The Bertz CT molecular complexity index is 2030. The normalized spacial score (nSPS) is 14.0. The van der Waals surface area contributed by atoms with Gasteiger partial charge in [-0.15, -0.1) is 0 Å². The fourth-order valence-electron chi connectivity index (χ4n) is 6.63. The quantitative estimate of drug-likeness (QED) is 0.196. The molecule has 0 unspecified atom stereocenters. The van der Waals surface area contributed by atoms with Gasteiger partial charge in [0.1, 0.15) is 0 Å². The van der Waals surface area contributed by atoms with Crippen molar-refractivity contribution in [2.45, 2.75) is 0 Å². The van der Waals surface area contributed by atoms with Crippen LogP contribution in [0.3, 0.4) is 0 Å². The van der Waals surface area contributed by atoms with Crippen LogP contribution in [0.15, 0.2) is 181 Å². The van der Waals surface area contributed by atoms with Crippen molar-refractivity contribution in [2.75, 3.05) is 0 Å². The van der Waals surface area contributed by atoms with Gasteiger partial charge in [0.05, 0.1) is 5.29 Å². The number of aliphatic imine (C=N–C) groups is 1. The van der Waals surface area contributed by atoms with E-state index in [2.05, 4.69) is 121 Å². The molecular weight excluding hydrogens is 569 g/mol.